The lowest BCUT2D eigenvalue weighted by molar-refractivity contribution is 0.0954. The number of rotatable bonds is 7. The monoisotopic (exact) mass is 406 g/mol. The van der Waals surface area contributed by atoms with E-state index in [4.69, 9.17) is 0 Å². The van der Waals surface area contributed by atoms with E-state index in [0.29, 0.717) is 18.5 Å². The minimum absolute atomic E-state index is 0.0366. The summed E-state index contributed by atoms with van der Waals surface area (Å²) in [6.07, 6.45) is 0. The van der Waals surface area contributed by atoms with Crippen molar-refractivity contribution in [2.45, 2.75) is 44.8 Å². The highest BCUT2D eigenvalue weighted by atomic mass is 33.1. The molecule has 1 unspecified atom stereocenters. The summed E-state index contributed by atoms with van der Waals surface area (Å²) in [5.74, 6) is 1.69. The van der Waals surface area contributed by atoms with E-state index in [1.807, 2.05) is 10.8 Å². The van der Waals surface area contributed by atoms with Crippen molar-refractivity contribution >= 4 is 38.8 Å². The van der Waals surface area contributed by atoms with Crippen LogP contribution in [-0.4, -0.2) is 23.6 Å². The van der Waals surface area contributed by atoms with Crippen LogP contribution < -0.4 is 5.32 Å². The van der Waals surface area contributed by atoms with Gasteiger partial charge in [0.1, 0.15) is 0 Å². The Hall–Kier alpha value is -0.950. The van der Waals surface area contributed by atoms with Gasteiger partial charge in [0.2, 0.25) is 0 Å². The van der Waals surface area contributed by atoms with Crippen molar-refractivity contribution in [1.29, 1.82) is 0 Å². The molecule has 0 bridgehead atoms. The van der Waals surface area contributed by atoms with E-state index in [1.165, 1.54) is 15.3 Å². The minimum atomic E-state index is 0.0366. The normalized spacial score (nSPS) is 16.9. The summed E-state index contributed by atoms with van der Waals surface area (Å²) in [5.41, 5.74) is 2.45. The van der Waals surface area contributed by atoms with Gasteiger partial charge >= 0.3 is 0 Å². The highest BCUT2D eigenvalue weighted by Crippen LogP contribution is 2.42. The number of fused-ring (bicyclic) bond motifs is 1. The van der Waals surface area contributed by atoms with Crippen LogP contribution in [0.2, 0.25) is 0 Å². The third-order valence-electron chi connectivity index (χ3n) is 4.51. The molecule has 1 atom stereocenters. The molecule has 2 aromatic rings. The molecule has 1 aliphatic rings. The maximum absolute atomic E-state index is 12.6. The van der Waals surface area contributed by atoms with Crippen LogP contribution in [0.1, 0.15) is 52.5 Å². The SMILES string of the molecule is CCSSc1ccc(CNC(=O)c2cc3c(s2)C(C(C)C)N(C)C3)cc1. The Morgan fingerprint density at radius 1 is 1.35 bits per heavy atom. The number of carbonyl (C=O) groups is 1. The average Bonchev–Trinajstić information content (AvgIpc) is 3.14. The zero-order valence-electron chi connectivity index (χ0n) is 15.7. The zero-order chi connectivity index (χ0) is 18.7. The Bertz CT molecular complexity index is 755. The third kappa shape index (κ3) is 4.47. The van der Waals surface area contributed by atoms with Gasteiger partial charge in [0, 0.05) is 34.7 Å². The molecule has 2 heterocycles. The molecule has 1 N–H and O–H groups in total. The summed E-state index contributed by atoms with van der Waals surface area (Å²) in [5, 5.41) is 3.07. The molecule has 0 aliphatic carbocycles. The summed E-state index contributed by atoms with van der Waals surface area (Å²) in [6, 6.07) is 10.9. The minimum Gasteiger partial charge on any atom is -0.347 e. The second kappa shape index (κ2) is 8.83. The molecular formula is C20H26N2OS3. The quantitative estimate of drug-likeness (QED) is 0.608. The fraction of sp³-hybridized carbons (Fsp3) is 0.450. The van der Waals surface area contributed by atoms with E-state index in [-0.39, 0.29) is 5.91 Å². The molecule has 3 nitrogen and oxygen atoms in total. The van der Waals surface area contributed by atoms with E-state index in [9.17, 15) is 4.79 Å². The number of thiophene rings is 1. The number of nitrogens with one attached hydrogen (secondary N) is 1. The molecule has 0 saturated heterocycles. The van der Waals surface area contributed by atoms with Crippen molar-refractivity contribution < 1.29 is 4.79 Å². The standard InChI is InChI=1S/C20H26N2OS3/c1-5-24-26-16-8-6-14(7-9-16)11-21-20(23)17-10-15-12-22(4)18(13(2)3)19(15)25-17/h6-10,13,18H,5,11-12H2,1-4H3,(H,21,23). The van der Waals surface area contributed by atoms with Gasteiger partial charge in [0.25, 0.3) is 5.91 Å². The lowest BCUT2D eigenvalue weighted by atomic mass is 10.0. The average molecular weight is 407 g/mol. The van der Waals surface area contributed by atoms with Crippen LogP contribution in [0.25, 0.3) is 0 Å². The molecule has 26 heavy (non-hydrogen) atoms. The molecule has 6 heteroatoms. The molecule has 0 saturated carbocycles. The van der Waals surface area contributed by atoms with Crippen LogP contribution in [0.15, 0.2) is 35.2 Å². The van der Waals surface area contributed by atoms with Crippen molar-refractivity contribution in [3.8, 4) is 0 Å². The second-order valence-electron chi connectivity index (χ2n) is 6.92. The van der Waals surface area contributed by atoms with Crippen LogP contribution in [0.4, 0.5) is 0 Å². The Morgan fingerprint density at radius 2 is 2.08 bits per heavy atom. The van der Waals surface area contributed by atoms with Crippen molar-refractivity contribution in [2.75, 3.05) is 12.8 Å². The number of carbonyl (C=O) groups excluding carboxylic acids is 1. The van der Waals surface area contributed by atoms with Gasteiger partial charge in [-0.1, -0.05) is 54.5 Å². The molecule has 0 fully saturated rings. The number of benzene rings is 1. The molecular weight excluding hydrogens is 380 g/mol. The molecule has 0 radical (unpaired) electrons. The molecule has 1 aliphatic heterocycles. The maximum atomic E-state index is 12.6. The predicted octanol–water partition coefficient (Wildman–Crippen LogP) is 5.58. The van der Waals surface area contributed by atoms with Crippen molar-refractivity contribution in [3.63, 3.8) is 0 Å². The first-order valence-corrected chi connectivity index (χ1v) is 12.1. The maximum Gasteiger partial charge on any atom is 0.261 e. The van der Waals surface area contributed by atoms with E-state index in [1.54, 1.807) is 22.1 Å². The van der Waals surface area contributed by atoms with Gasteiger partial charge in [-0.2, -0.15) is 0 Å². The van der Waals surface area contributed by atoms with E-state index in [0.717, 1.165) is 22.7 Å². The van der Waals surface area contributed by atoms with Crippen LogP contribution in [-0.2, 0) is 13.1 Å². The van der Waals surface area contributed by atoms with Crippen LogP contribution in [0, 0.1) is 5.92 Å². The summed E-state index contributed by atoms with van der Waals surface area (Å²) in [6.45, 7) is 8.16. The van der Waals surface area contributed by atoms with Crippen LogP contribution >= 0.6 is 32.9 Å². The number of hydrogen-bond acceptors (Lipinski definition) is 5. The Balaban J connectivity index is 1.59. The van der Waals surface area contributed by atoms with Gasteiger partial charge < -0.3 is 5.32 Å². The first kappa shape index (κ1) is 19.8. The van der Waals surface area contributed by atoms with Crippen molar-refractivity contribution in [3.05, 3.63) is 51.2 Å². The molecule has 1 amide bonds. The first-order chi connectivity index (χ1) is 12.5. The van der Waals surface area contributed by atoms with E-state index < -0.39 is 0 Å². The Morgan fingerprint density at radius 3 is 2.73 bits per heavy atom. The first-order valence-electron chi connectivity index (χ1n) is 8.99. The fourth-order valence-electron chi connectivity index (χ4n) is 3.37. The molecule has 1 aromatic heterocycles. The largest absolute Gasteiger partial charge is 0.347 e. The Labute approximate surface area is 168 Å². The smallest absolute Gasteiger partial charge is 0.261 e. The summed E-state index contributed by atoms with van der Waals surface area (Å²) < 4.78 is 0. The number of nitrogens with zero attached hydrogens (tertiary/aromatic N) is 1. The zero-order valence-corrected chi connectivity index (χ0v) is 18.2. The number of amides is 1. The van der Waals surface area contributed by atoms with E-state index in [2.05, 4.69) is 68.4 Å². The van der Waals surface area contributed by atoms with Gasteiger partial charge in [-0.3, -0.25) is 9.69 Å². The van der Waals surface area contributed by atoms with Crippen molar-refractivity contribution in [2.24, 2.45) is 5.92 Å². The van der Waals surface area contributed by atoms with Crippen molar-refractivity contribution in [1.82, 2.24) is 10.2 Å². The molecule has 1 aromatic carbocycles. The highest BCUT2D eigenvalue weighted by Gasteiger charge is 2.32. The molecule has 3 rings (SSSR count). The molecule has 0 spiro atoms. The van der Waals surface area contributed by atoms with Crippen LogP contribution in [0.3, 0.4) is 0 Å². The topological polar surface area (TPSA) is 32.3 Å². The number of hydrogen-bond donors (Lipinski definition) is 1. The van der Waals surface area contributed by atoms with Crippen LogP contribution in [0.5, 0.6) is 0 Å². The molecule has 140 valence electrons. The summed E-state index contributed by atoms with van der Waals surface area (Å²) >= 11 is 1.66. The summed E-state index contributed by atoms with van der Waals surface area (Å²) in [7, 11) is 5.80. The van der Waals surface area contributed by atoms with Gasteiger partial charge in [0.15, 0.2) is 0 Å². The van der Waals surface area contributed by atoms with Gasteiger partial charge in [0.05, 0.1) is 4.88 Å². The fourth-order valence-corrected chi connectivity index (χ4v) is 6.39. The van der Waals surface area contributed by atoms with Gasteiger partial charge in [-0.25, -0.2) is 0 Å². The van der Waals surface area contributed by atoms with E-state index >= 15 is 0 Å². The Kier molecular flexibility index (Phi) is 6.72. The highest BCUT2D eigenvalue weighted by molar-refractivity contribution is 8.76. The third-order valence-corrected chi connectivity index (χ3v) is 8.21. The van der Waals surface area contributed by atoms with Gasteiger partial charge in [-0.05, 0) is 42.3 Å². The lowest BCUT2D eigenvalue weighted by Gasteiger charge is -2.23. The second-order valence-corrected chi connectivity index (χ2v) is 10.7. The van der Waals surface area contributed by atoms with Gasteiger partial charge in [-0.15, -0.1) is 11.3 Å². The predicted molar refractivity (Wildman–Crippen MR) is 115 cm³/mol. The lowest BCUT2D eigenvalue weighted by Crippen LogP contribution is -2.23. The summed E-state index contributed by atoms with van der Waals surface area (Å²) in [4.78, 5) is 18.4.